The monoisotopic (exact) mass is 393 g/mol. The maximum atomic E-state index is 13.2. The van der Waals surface area contributed by atoms with Gasteiger partial charge < -0.3 is 9.88 Å². The van der Waals surface area contributed by atoms with Crippen molar-refractivity contribution in [3.05, 3.63) is 57.6 Å². The fourth-order valence-corrected chi connectivity index (χ4v) is 3.85. The Morgan fingerprint density at radius 3 is 2.55 bits per heavy atom. The van der Waals surface area contributed by atoms with Crippen LogP contribution in [0.1, 0.15) is 61.3 Å². The molecule has 4 rings (SSSR count). The van der Waals surface area contributed by atoms with Crippen LogP contribution in [0, 0.1) is 6.92 Å². The van der Waals surface area contributed by atoms with Crippen LogP contribution in [-0.2, 0) is 5.41 Å². The zero-order chi connectivity index (χ0) is 20.8. The molecule has 1 aliphatic rings. The van der Waals surface area contributed by atoms with Gasteiger partial charge in [0.15, 0.2) is 0 Å². The Morgan fingerprint density at radius 2 is 1.90 bits per heavy atom. The normalized spacial score (nSPS) is 15.8. The van der Waals surface area contributed by atoms with E-state index in [1.165, 1.54) is 6.07 Å². The van der Waals surface area contributed by atoms with E-state index in [1.807, 2.05) is 40.9 Å². The highest BCUT2D eigenvalue weighted by Gasteiger charge is 2.27. The molecular formula is C22H27N5O2. The summed E-state index contributed by atoms with van der Waals surface area (Å²) in [6.45, 7) is 9.61. The average Bonchev–Trinajstić information content (AvgIpc) is 3.18. The predicted octanol–water partition coefficient (Wildman–Crippen LogP) is 3.20. The van der Waals surface area contributed by atoms with E-state index in [4.69, 9.17) is 0 Å². The van der Waals surface area contributed by atoms with Crippen LogP contribution in [0.5, 0.6) is 0 Å². The van der Waals surface area contributed by atoms with Crippen LogP contribution in [-0.4, -0.2) is 43.9 Å². The highest BCUT2D eigenvalue weighted by Crippen LogP contribution is 2.27. The quantitative estimate of drug-likeness (QED) is 0.725. The first-order valence-corrected chi connectivity index (χ1v) is 10.1. The fourth-order valence-electron chi connectivity index (χ4n) is 3.85. The molecule has 0 saturated carbocycles. The van der Waals surface area contributed by atoms with Gasteiger partial charge in [-0.1, -0.05) is 37.6 Å². The van der Waals surface area contributed by atoms with E-state index in [2.05, 4.69) is 36.1 Å². The number of pyridine rings is 1. The molecule has 1 amide bonds. The molecule has 0 aliphatic carbocycles. The lowest BCUT2D eigenvalue weighted by Crippen LogP contribution is -2.39. The number of nitrogens with one attached hydrogen (secondary N) is 1. The molecule has 29 heavy (non-hydrogen) atoms. The van der Waals surface area contributed by atoms with Gasteiger partial charge in [0, 0.05) is 41.7 Å². The van der Waals surface area contributed by atoms with E-state index in [0.717, 1.165) is 29.5 Å². The van der Waals surface area contributed by atoms with E-state index in [9.17, 15) is 9.59 Å². The lowest BCUT2D eigenvalue weighted by atomic mass is 9.93. The third-order valence-corrected chi connectivity index (χ3v) is 5.63. The Bertz CT molecular complexity index is 1110. The van der Waals surface area contributed by atoms with Crippen LogP contribution in [0.15, 0.2) is 35.3 Å². The van der Waals surface area contributed by atoms with E-state index >= 15 is 0 Å². The molecular weight excluding hydrogens is 366 g/mol. The predicted molar refractivity (Wildman–Crippen MR) is 112 cm³/mol. The number of aryl methyl sites for hydroxylation is 1. The molecule has 0 radical (unpaired) electrons. The minimum atomic E-state index is -0.253. The first kappa shape index (κ1) is 19.4. The summed E-state index contributed by atoms with van der Waals surface area (Å²) in [5, 5.41) is 9.42. The zero-order valence-corrected chi connectivity index (χ0v) is 17.4. The van der Waals surface area contributed by atoms with Gasteiger partial charge in [0.25, 0.3) is 5.91 Å². The highest BCUT2D eigenvalue weighted by atomic mass is 16.2. The summed E-state index contributed by atoms with van der Waals surface area (Å²) in [4.78, 5) is 29.9. The van der Waals surface area contributed by atoms with Crippen molar-refractivity contribution < 1.29 is 4.79 Å². The second kappa shape index (κ2) is 7.13. The maximum Gasteiger partial charge on any atom is 0.254 e. The first-order valence-electron chi connectivity index (χ1n) is 10.1. The van der Waals surface area contributed by atoms with Gasteiger partial charge in [-0.2, -0.15) is 0 Å². The second-order valence-electron chi connectivity index (χ2n) is 8.95. The van der Waals surface area contributed by atoms with Gasteiger partial charge in [-0.05, 0) is 31.9 Å². The van der Waals surface area contributed by atoms with Gasteiger partial charge in [-0.25, -0.2) is 4.68 Å². The van der Waals surface area contributed by atoms with Crippen molar-refractivity contribution >= 4 is 16.8 Å². The Morgan fingerprint density at radius 1 is 1.17 bits per heavy atom. The minimum absolute atomic E-state index is 0.0333. The van der Waals surface area contributed by atoms with Crippen molar-refractivity contribution in [1.29, 1.82) is 0 Å². The van der Waals surface area contributed by atoms with Crippen molar-refractivity contribution in [3.8, 4) is 0 Å². The summed E-state index contributed by atoms with van der Waals surface area (Å²) < 4.78 is 1.94. The van der Waals surface area contributed by atoms with E-state index < -0.39 is 0 Å². The molecule has 1 aliphatic heterocycles. The van der Waals surface area contributed by atoms with Gasteiger partial charge >= 0.3 is 0 Å². The fraction of sp³-hybridized carbons (Fsp3) is 0.455. The Kier molecular flexibility index (Phi) is 4.76. The van der Waals surface area contributed by atoms with Gasteiger partial charge in [-0.3, -0.25) is 9.59 Å². The number of nitrogens with zero attached hydrogens (tertiary/aromatic N) is 4. The van der Waals surface area contributed by atoms with E-state index in [1.54, 1.807) is 0 Å². The first-order chi connectivity index (χ1) is 13.7. The van der Waals surface area contributed by atoms with Crippen molar-refractivity contribution in [1.82, 2.24) is 24.9 Å². The molecule has 0 unspecified atom stereocenters. The number of carbonyl (C=O) groups excluding carboxylic acids is 1. The summed E-state index contributed by atoms with van der Waals surface area (Å²) in [6.07, 6.45) is 3.66. The number of amides is 1. The molecule has 0 spiro atoms. The number of likely N-dealkylation sites (tertiary alicyclic amines) is 1. The number of aromatic amines is 1. The van der Waals surface area contributed by atoms with Crippen molar-refractivity contribution in [2.45, 2.75) is 52.0 Å². The van der Waals surface area contributed by atoms with E-state index in [0.29, 0.717) is 24.2 Å². The average molecular weight is 393 g/mol. The van der Waals surface area contributed by atoms with Crippen LogP contribution in [0.25, 0.3) is 10.9 Å². The Balaban J connectivity index is 1.53. The standard InChI is InChI=1S/C22H27N5O2/c1-14-5-6-18-16(11-14)17(12-20(28)23-18)21(29)26-9-7-15(8-10-26)27-13-19(24-25-27)22(2,3)4/h5-6,11-13,15H,7-10H2,1-4H3,(H,23,28). The number of H-pyrrole nitrogens is 1. The molecule has 2 aromatic heterocycles. The zero-order valence-electron chi connectivity index (χ0n) is 17.4. The van der Waals surface area contributed by atoms with E-state index in [-0.39, 0.29) is 22.9 Å². The second-order valence-corrected chi connectivity index (χ2v) is 8.95. The summed E-state index contributed by atoms with van der Waals surface area (Å²) >= 11 is 0. The smallest absolute Gasteiger partial charge is 0.254 e. The third kappa shape index (κ3) is 3.81. The molecule has 3 aromatic rings. The molecule has 1 aromatic carbocycles. The van der Waals surface area contributed by atoms with Gasteiger partial charge in [0.1, 0.15) is 0 Å². The molecule has 0 atom stereocenters. The lowest BCUT2D eigenvalue weighted by molar-refractivity contribution is 0.0691. The van der Waals surface area contributed by atoms with Gasteiger partial charge in [0.2, 0.25) is 5.56 Å². The molecule has 152 valence electrons. The van der Waals surface area contributed by atoms with Crippen LogP contribution < -0.4 is 5.56 Å². The SMILES string of the molecule is Cc1ccc2[nH]c(=O)cc(C(=O)N3CCC(n4cc(C(C)(C)C)nn4)CC3)c2c1. The topological polar surface area (TPSA) is 83.9 Å². The van der Waals surface area contributed by atoms with Crippen LogP contribution in [0.3, 0.4) is 0 Å². The summed E-state index contributed by atoms with van der Waals surface area (Å²) in [7, 11) is 0. The van der Waals surface area contributed by atoms with Gasteiger partial charge in [0.05, 0.1) is 17.3 Å². The lowest BCUT2D eigenvalue weighted by Gasteiger charge is -2.32. The van der Waals surface area contributed by atoms with Crippen LogP contribution in [0.4, 0.5) is 0 Å². The Labute approximate surface area is 169 Å². The number of fused-ring (bicyclic) bond motifs is 1. The van der Waals surface area contributed by atoms with Crippen molar-refractivity contribution in [2.75, 3.05) is 13.1 Å². The molecule has 1 fully saturated rings. The number of benzene rings is 1. The third-order valence-electron chi connectivity index (χ3n) is 5.63. The number of rotatable bonds is 2. The molecule has 0 bridgehead atoms. The number of carbonyl (C=O) groups is 1. The number of hydrogen-bond acceptors (Lipinski definition) is 4. The minimum Gasteiger partial charge on any atom is -0.338 e. The largest absolute Gasteiger partial charge is 0.338 e. The van der Waals surface area contributed by atoms with Crippen molar-refractivity contribution in [3.63, 3.8) is 0 Å². The van der Waals surface area contributed by atoms with Crippen LogP contribution in [0.2, 0.25) is 0 Å². The van der Waals surface area contributed by atoms with Gasteiger partial charge in [-0.15, -0.1) is 5.10 Å². The summed E-state index contributed by atoms with van der Waals surface area (Å²) in [5.41, 5.74) is 2.91. The molecule has 7 heteroatoms. The highest BCUT2D eigenvalue weighted by molar-refractivity contribution is 6.06. The van der Waals surface area contributed by atoms with Crippen LogP contribution >= 0.6 is 0 Å². The molecule has 3 heterocycles. The van der Waals surface area contributed by atoms with Crippen molar-refractivity contribution in [2.24, 2.45) is 0 Å². The molecule has 1 saturated heterocycles. The maximum absolute atomic E-state index is 13.2. The Hall–Kier alpha value is -2.96. The number of aromatic nitrogens is 4. The molecule has 1 N–H and O–H groups in total. The molecule has 7 nitrogen and oxygen atoms in total. The number of piperidine rings is 1. The summed E-state index contributed by atoms with van der Waals surface area (Å²) in [5.74, 6) is -0.0841. The summed E-state index contributed by atoms with van der Waals surface area (Å²) in [6, 6.07) is 7.40. The number of hydrogen-bond donors (Lipinski definition) is 1.